The molecule has 0 fully saturated rings. The van der Waals surface area contributed by atoms with Crippen LogP contribution in [-0.4, -0.2) is 25.5 Å². The number of ether oxygens (including phenoxy) is 1. The van der Waals surface area contributed by atoms with Crippen LogP contribution in [0.25, 0.3) is 0 Å². The lowest BCUT2D eigenvalue weighted by molar-refractivity contribution is -0.165. The minimum atomic E-state index is -1.22. The van der Waals surface area contributed by atoms with E-state index >= 15 is 0 Å². The van der Waals surface area contributed by atoms with Gasteiger partial charge in [0.2, 0.25) is 6.23 Å². The highest BCUT2D eigenvalue weighted by Crippen LogP contribution is 2.42. The zero-order valence-electron chi connectivity index (χ0n) is 15.4. The van der Waals surface area contributed by atoms with E-state index in [2.05, 4.69) is 10.1 Å². The molecule has 0 radical (unpaired) electrons. The Hall–Kier alpha value is -2.66. The molecule has 2 atom stereocenters. The third-order valence-electron chi connectivity index (χ3n) is 4.69. The average Bonchev–Trinajstić information content (AvgIpc) is 3.14. The van der Waals surface area contributed by atoms with Crippen LogP contribution in [0.2, 0.25) is 0 Å². The van der Waals surface area contributed by atoms with E-state index in [4.69, 9.17) is 4.74 Å². The second-order valence-corrected chi connectivity index (χ2v) is 7.50. The fourth-order valence-electron chi connectivity index (χ4n) is 2.97. The number of aliphatic hydroxyl groups is 1. The van der Waals surface area contributed by atoms with Gasteiger partial charge in [0.1, 0.15) is 24.0 Å². The van der Waals surface area contributed by atoms with Crippen LogP contribution in [0.5, 0.6) is 5.75 Å². The Labute approximate surface area is 154 Å². The van der Waals surface area contributed by atoms with Gasteiger partial charge in [0.05, 0.1) is 0 Å². The summed E-state index contributed by atoms with van der Waals surface area (Å²) < 4.78 is 7.82. The first kappa shape index (κ1) is 18.1. The van der Waals surface area contributed by atoms with Gasteiger partial charge >= 0.3 is 0 Å². The van der Waals surface area contributed by atoms with Gasteiger partial charge in [-0.3, -0.25) is 0 Å². The number of nitrogens with zero attached hydrogens (tertiary/aromatic N) is 3. The van der Waals surface area contributed by atoms with Crippen molar-refractivity contribution in [1.82, 2.24) is 14.8 Å². The molecule has 0 saturated heterocycles. The van der Waals surface area contributed by atoms with Gasteiger partial charge in [-0.25, -0.2) is 9.67 Å². The quantitative estimate of drug-likeness (QED) is 0.732. The van der Waals surface area contributed by atoms with Crippen molar-refractivity contribution in [2.24, 2.45) is 5.41 Å². The van der Waals surface area contributed by atoms with Gasteiger partial charge in [-0.15, -0.1) is 0 Å². The summed E-state index contributed by atoms with van der Waals surface area (Å²) in [7, 11) is 0. The predicted octanol–water partition coefficient (Wildman–Crippen LogP) is 3.88. The molecule has 0 bridgehead atoms. The van der Waals surface area contributed by atoms with Crippen molar-refractivity contribution in [3.63, 3.8) is 0 Å². The summed E-state index contributed by atoms with van der Waals surface area (Å²) in [6.07, 6.45) is 2.73. The molecule has 0 aliphatic rings. The molecular formula is C21H25N3O2. The van der Waals surface area contributed by atoms with Crippen molar-refractivity contribution in [3.05, 3.63) is 78.9 Å². The van der Waals surface area contributed by atoms with Crippen LogP contribution in [0.4, 0.5) is 0 Å². The third kappa shape index (κ3) is 3.78. The van der Waals surface area contributed by atoms with Crippen molar-refractivity contribution in [2.75, 3.05) is 0 Å². The minimum Gasteiger partial charge on any atom is -0.465 e. The Morgan fingerprint density at radius 1 is 1.00 bits per heavy atom. The Bertz CT molecular complexity index is 798. The first-order valence-electron chi connectivity index (χ1n) is 8.72. The van der Waals surface area contributed by atoms with Gasteiger partial charge in [-0.2, -0.15) is 5.10 Å². The Morgan fingerprint density at radius 3 is 2.15 bits per heavy atom. The van der Waals surface area contributed by atoms with Crippen LogP contribution in [0.15, 0.2) is 73.3 Å². The molecule has 0 spiro atoms. The zero-order valence-corrected chi connectivity index (χ0v) is 15.4. The van der Waals surface area contributed by atoms with Gasteiger partial charge in [0, 0.05) is 6.42 Å². The highest BCUT2D eigenvalue weighted by atomic mass is 16.5. The lowest BCUT2D eigenvalue weighted by Crippen LogP contribution is -2.54. The summed E-state index contributed by atoms with van der Waals surface area (Å²) >= 11 is 0. The highest BCUT2D eigenvalue weighted by Gasteiger charge is 2.50. The first-order chi connectivity index (χ1) is 12.4. The summed E-state index contributed by atoms with van der Waals surface area (Å²) in [6, 6.07) is 19.4. The van der Waals surface area contributed by atoms with Crippen LogP contribution in [0, 0.1) is 5.41 Å². The van der Waals surface area contributed by atoms with E-state index in [1.54, 1.807) is 11.0 Å². The first-order valence-corrected chi connectivity index (χ1v) is 8.72. The van der Waals surface area contributed by atoms with Gasteiger partial charge in [0.15, 0.2) is 0 Å². The minimum absolute atomic E-state index is 0.425. The second kappa shape index (κ2) is 7.30. The molecule has 3 rings (SSSR count). The molecule has 0 aliphatic carbocycles. The summed E-state index contributed by atoms with van der Waals surface area (Å²) in [5, 5.41) is 16.1. The summed E-state index contributed by atoms with van der Waals surface area (Å²) in [5.41, 5.74) is -0.668. The van der Waals surface area contributed by atoms with Crippen molar-refractivity contribution < 1.29 is 9.84 Å². The molecule has 2 aromatic carbocycles. The molecule has 0 saturated carbocycles. The van der Waals surface area contributed by atoms with Gasteiger partial charge < -0.3 is 9.84 Å². The van der Waals surface area contributed by atoms with Crippen LogP contribution in [0.3, 0.4) is 0 Å². The molecule has 0 aliphatic heterocycles. The summed E-state index contributed by atoms with van der Waals surface area (Å²) in [6.45, 7) is 6.02. The van der Waals surface area contributed by atoms with E-state index in [1.165, 1.54) is 6.33 Å². The van der Waals surface area contributed by atoms with Crippen molar-refractivity contribution in [3.8, 4) is 5.75 Å². The predicted molar refractivity (Wildman–Crippen MR) is 101 cm³/mol. The second-order valence-electron chi connectivity index (χ2n) is 7.50. The van der Waals surface area contributed by atoms with Crippen molar-refractivity contribution in [1.29, 1.82) is 0 Å². The number of benzene rings is 2. The zero-order chi connectivity index (χ0) is 18.6. The monoisotopic (exact) mass is 351 g/mol. The smallest absolute Gasteiger partial charge is 0.222 e. The van der Waals surface area contributed by atoms with E-state index in [1.807, 2.05) is 81.4 Å². The van der Waals surface area contributed by atoms with Gasteiger partial charge in [-0.1, -0.05) is 69.3 Å². The normalized spacial score (nSPS) is 15.2. The lowest BCUT2D eigenvalue weighted by Gasteiger charge is -2.45. The number of rotatable bonds is 6. The maximum Gasteiger partial charge on any atom is 0.222 e. The van der Waals surface area contributed by atoms with E-state index < -0.39 is 17.2 Å². The largest absolute Gasteiger partial charge is 0.465 e. The average molecular weight is 351 g/mol. The molecule has 5 heteroatoms. The molecule has 26 heavy (non-hydrogen) atoms. The molecule has 0 amide bonds. The van der Waals surface area contributed by atoms with Crippen molar-refractivity contribution in [2.45, 2.75) is 39.0 Å². The Morgan fingerprint density at radius 2 is 1.62 bits per heavy atom. The fraction of sp³-hybridized carbons (Fsp3) is 0.333. The summed E-state index contributed by atoms with van der Waals surface area (Å²) in [4.78, 5) is 4.05. The number of hydrogen-bond donors (Lipinski definition) is 1. The number of para-hydroxylation sites is 1. The van der Waals surface area contributed by atoms with E-state index in [0.29, 0.717) is 12.2 Å². The fourth-order valence-corrected chi connectivity index (χ4v) is 2.97. The van der Waals surface area contributed by atoms with Crippen LogP contribution in [0.1, 0.15) is 32.6 Å². The van der Waals surface area contributed by atoms with Gasteiger partial charge in [-0.05, 0) is 23.1 Å². The SMILES string of the molecule is CC(C)(C)C(O)(Cc1ccccc1)C(Oc1ccccc1)n1cncn1. The maximum atomic E-state index is 11.9. The molecule has 1 heterocycles. The molecule has 5 nitrogen and oxygen atoms in total. The number of aromatic nitrogens is 3. The third-order valence-corrected chi connectivity index (χ3v) is 4.69. The lowest BCUT2D eigenvalue weighted by atomic mass is 9.71. The van der Waals surface area contributed by atoms with Crippen molar-refractivity contribution >= 4 is 0 Å². The molecule has 136 valence electrons. The Balaban J connectivity index is 2.04. The van der Waals surface area contributed by atoms with Crippen LogP contribution in [-0.2, 0) is 6.42 Å². The highest BCUT2D eigenvalue weighted by molar-refractivity contribution is 5.23. The number of hydrogen-bond acceptors (Lipinski definition) is 4. The molecule has 3 aromatic rings. The standard InChI is InChI=1S/C21H25N3O2/c1-20(2,3)21(25,14-17-10-6-4-7-11-17)19(24-16-22-15-23-24)26-18-12-8-5-9-13-18/h4-13,15-16,19,25H,14H2,1-3H3. The van der Waals surface area contributed by atoms with E-state index in [-0.39, 0.29) is 0 Å². The van der Waals surface area contributed by atoms with E-state index in [0.717, 1.165) is 5.56 Å². The maximum absolute atomic E-state index is 11.9. The van der Waals surface area contributed by atoms with Crippen LogP contribution < -0.4 is 4.74 Å². The topological polar surface area (TPSA) is 60.2 Å². The molecular weight excluding hydrogens is 326 g/mol. The Kier molecular flexibility index (Phi) is 5.09. The molecule has 2 unspecified atom stereocenters. The van der Waals surface area contributed by atoms with Crippen LogP contribution >= 0.6 is 0 Å². The van der Waals surface area contributed by atoms with E-state index in [9.17, 15) is 5.11 Å². The molecule has 1 N–H and O–H groups in total. The molecule has 1 aromatic heterocycles. The van der Waals surface area contributed by atoms with Gasteiger partial charge in [0.25, 0.3) is 0 Å². The summed E-state index contributed by atoms with van der Waals surface area (Å²) in [5.74, 6) is 0.670.